The Morgan fingerprint density at radius 1 is 1.41 bits per heavy atom. The fraction of sp³-hybridized carbons (Fsp3) is 0.308. The summed E-state index contributed by atoms with van der Waals surface area (Å²) in [4.78, 5) is -0.0329. The molecule has 0 heterocycles. The summed E-state index contributed by atoms with van der Waals surface area (Å²) in [5, 5.41) is 0. The molecule has 4 nitrogen and oxygen atoms in total. The number of hydrogen-bond acceptors (Lipinski definition) is 3. The summed E-state index contributed by atoms with van der Waals surface area (Å²) in [6, 6.07) is 4.18. The van der Waals surface area contributed by atoms with Crippen molar-refractivity contribution < 1.29 is 21.6 Å². The maximum absolute atomic E-state index is 12.6. The SMILES string of the molecule is C=CCN(CC(N)=S)S(=O)(=O)Cc1cccc(C(F)(F)F)c1. The molecule has 22 heavy (non-hydrogen) atoms. The molecule has 1 rings (SSSR count). The Morgan fingerprint density at radius 2 is 2.05 bits per heavy atom. The van der Waals surface area contributed by atoms with Crippen molar-refractivity contribution >= 4 is 27.2 Å². The molecule has 0 aromatic heterocycles. The Labute approximate surface area is 132 Å². The van der Waals surface area contributed by atoms with E-state index in [4.69, 9.17) is 5.73 Å². The number of alkyl halides is 3. The molecular formula is C13H15F3N2O2S2. The third-order valence-corrected chi connectivity index (χ3v) is 4.55. The summed E-state index contributed by atoms with van der Waals surface area (Å²) >= 11 is 4.68. The highest BCUT2D eigenvalue weighted by molar-refractivity contribution is 7.88. The lowest BCUT2D eigenvalue weighted by Gasteiger charge is -2.20. The van der Waals surface area contributed by atoms with Gasteiger partial charge in [0.15, 0.2) is 0 Å². The van der Waals surface area contributed by atoms with E-state index in [2.05, 4.69) is 18.8 Å². The van der Waals surface area contributed by atoms with E-state index in [-0.39, 0.29) is 23.6 Å². The first kappa shape index (κ1) is 18.6. The van der Waals surface area contributed by atoms with Crippen molar-refractivity contribution in [1.29, 1.82) is 0 Å². The van der Waals surface area contributed by atoms with Crippen LogP contribution in [0.4, 0.5) is 13.2 Å². The van der Waals surface area contributed by atoms with E-state index in [1.165, 1.54) is 18.2 Å². The molecule has 0 saturated carbocycles. The van der Waals surface area contributed by atoms with Gasteiger partial charge in [-0.1, -0.05) is 36.5 Å². The zero-order valence-electron chi connectivity index (χ0n) is 11.5. The third kappa shape index (κ3) is 5.39. The van der Waals surface area contributed by atoms with Gasteiger partial charge in [-0.3, -0.25) is 0 Å². The van der Waals surface area contributed by atoms with Gasteiger partial charge in [0.2, 0.25) is 10.0 Å². The van der Waals surface area contributed by atoms with E-state index in [9.17, 15) is 21.6 Å². The summed E-state index contributed by atoms with van der Waals surface area (Å²) in [6.45, 7) is 3.21. The molecule has 0 bridgehead atoms. The van der Waals surface area contributed by atoms with Crippen LogP contribution in [0.1, 0.15) is 11.1 Å². The van der Waals surface area contributed by atoms with Crippen molar-refractivity contribution in [3.8, 4) is 0 Å². The van der Waals surface area contributed by atoms with Gasteiger partial charge < -0.3 is 5.73 Å². The number of halogens is 3. The Balaban J connectivity index is 3.05. The molecule has 0 unspecified atom stereocenters. The number of nitrogens with two attached hydrogens (primary N) is 1. The maximum atomic E-state index is 12.6. The third-order valence-electron chi connectivity index (χ3n) is 2.66. The molecule has 0 amide bonds. The number of hydrogen-bond donors (Lipinski definition) is 1. The summed E-state index contributed by atoms with van der Waals surface area (Å²) in [5.41, 5.74) is 4.47. The second kappa shape index (κ2) is 7.21. The molecule has 0 radical (unpaired) electrons. The van der Waals surface area contributed by atoms with E-state index in [1.807, 2.05) is 0 Å². The molecule has 0 aliphatic rings. The average molecular weight is 352 g/mol. The van der Waals surface area contributed by atoms with Gasteiger partial charge >= 0.3 is 6.18 Å². The van der Waals surface area contributed by atoms with Gasteiger partial charge in [-0.25, -0.2) is 8.42 Å². The molecule has 1 aromatic rings. The molecule has 0 spiro atoms. The molecule has 0 aliphatic heterocycles. The van der Waals surface area contributed by atoms with Crippen LogP contribution in [0.25, 0.3) is 0 Å². The highest BCUT2D eigenvalue weighted by atomic mass is 32.2. The van der Waals surface area contributed by atoms with Crippen LogP contribution in [-0.2, 0) is 22.0 Å². The van der Waals surface area contributed by atoms with Crippen LogP contribution in [0.15, 0.2) is 36.9 Å². The molecule has 9 heteroatoms. The molecule has 1 aromatic carbocycles. The molecule has 0 atom stereocenters. The van der Waals surface area contributed by atoms with Crippen molar-refractivity contribution in [3.63, 3.8) is 0 Å². The quantitative estimate of drug-likeness (QED) is 0.604. The van der Waals surface area contributed by atoms with Gasteiger partial charge in [0.1, 0.15) is 0 Å². The van der Waals surface area contributed by atoms with E-state index >= 15 is 0 Å². The van der Waals surface area contributed by atoms with Crippen LogP contribution < -0.4 is 5.73 Å². The zero-order valence-corrected chi connectivity index (χ0v) is 13.1. The summed E-state index contributed by atoms with van der Waals surface area (Å²) in [6.07, 6.45) is -3.18. The number of rotatable bonds is 7. The van der Waals surface area contributed by atoms with Crippen molar-refractivity contribution in [2.45, 2.75) is 11.9 Å². The molecule has 0 fully saturated rings. The fourth-order valence-electron chi connectivity index (χ4n) is 1.73. The van der Waals surface area contributed by atoms with Gasteiger partial charge in [0.25, 0.3) is 0 Å². The maximum Gasteiger partial charge on any atom is 0.416 e. The second-order valence-corrected chi connectivity index (χ2v) is 7.00. The first-order valence-corrected chi connectivity index (χ1v) is 8.11. The summed E-state index contributed by atoms with van der Waals surface area (Å²) in [5.74, 6) is -0.576. The summed E-state index contributed by atoms with van der Waals surface area (Å²) in [7, 11) is -3.87. The van der Waals surface area contributed by atoms with Gasteiger partial charge in [-0.15, -0.1) is 6.58 Å². The molecule has 0 saturated heterocycles. The average Bonchev–Trinajstić information content (AvgIpc) is 2.36. The Kier molecular flexibility index (Phi) is 6.09. The highest BCUT2D eigenvalue weighted by Gasteiger charge is 2.31. The summed E-state index contributed by atoms with van der Waals surface area (Å²) < 4.78 is 63.4. The van der Waals surface area contributed by atoms with Crippen LogP contribution in [0.3, 0.4) is 0 Å². The van der Waals surface area contributed by atoms with Crippen molar-refractivity contribution in [2.75, 3.05) is 13.1 Å². The lowest BCUT2D eigenvalue weighted by Crippen LogP contribution is -2.38. The Bertz CT molecular complexity index is 657. The van der Waals surface area contributed by atoms with Crippen LogP contribution in [-0.4, -0.2) is 30.8 Å². The lowest BCUT2D eigenvalue weighted by atomic mass is 10.1. The van der Waals surface area contributed by atoms with Gasteiger partial charge in [0, 0.05) is 6.54 Å². The van der Waals surface area contributed by atoms with Crippen molar-refractivity contribution in [2.24, 2.45) is 5.73 Å². The Morgan fingerprint density at radius 3 is 2.55 bits per heavy atom. The number of sulfonamides is 1. The standard InChI is InChI=1S/C13H15F3N2O2S2/c1-2-6-18(8-12(17)21)22(19,20)9-10-4-3-5-11(7-10)13(14,15)16/h2-5,7H,1,6,8-9H2,(H2,17,21). The smallest absolute Gasteiger partial charge is 0.392 e. The monoisotopic (exact) mass is 352 g/mol. The Hall–Kier alpha value is -1.45. The number of nitrogens with zero attached hydrogens (tertiary/aromatic N) is 1. The van der Waals surface area contributed by atoms with Gasteiger partial charge in [-0.2, -0.15) is 17.5 Å². The van der Waals surface area contributed by atoms with Crippen LogP contribution >= 0.6 is 12.2 Å². The first-order valence-electron chi connectivity index (χ1n) is 6.09. The molecule has 0 aliphatic carbocycles. The normalized spacial score (nSPS) is 12.4. The minimum atomic E-state index is -4.53. The van der Waals surface area contributed by atoms with E-state index < -0.39 is 27.5 Å². The molecule has 2 N–H and O–H groups in total. The minimum absolute atomic E-state index is 0.0291. The van der Waals surface area contributed by atoms with Crippen molar-refractivity contribution in [1.82, 2.24) is 4.31 Å². The lowest BCUT2D eigenvalue weighted by molar-refractivity contribution is -0.137. The van der Waals surface area contributed by atoms with E-state index in [1.54, 1.807) is 0 Å². The fourth-order valence-corrected chi connectivity index (χ4v) is 3.42. The predicted molar refractivity (Wildman–Crippen MR) is 82.6 cm³/mol. The predicted octanol–water partition coefficient (Wildman–Crippen LogP) is 2.31. The van der Waals surface area contributed by atoms with E-state index in [0.717, 1.165) is 16.4 Å². The van der Waals surface area contributed by atoms with Crippen LogP contribution in [0.5, 0.6) is 0 Å². The minimum Gasteiger partial charge on any atom is -0.392 e. The number of benzene rings is 1. The van der Waals surface area contributed by atoms with Crippen molar-refractivity contribution in [3.05, 3.63) is 48.0 Å². The first-order chi connectivity index (χ1) is 10.1. The van der Waals surface area contributed by atoms with E-state index in [0.29, 0.717) is 0 Å². The largest absolute Gasteiger partial charge is 0.416 e. The van der Waals surface area contributed by atoms with Crippen LogP contribution in [0.2, 0.25) is 0 Å². The van der Waals surface area contributed by atoms with Gasteiger partial charge in [0.05, 0.1) is 22.8 Å². The topological polar surface area (TPSA) is 63.4 Å². The molecular weight excluding hydrogens is 337 g/mol. The zero-order chi connectivity index (χ0) is 17.0. The van der Waals surface area contributed by atoms with Gasteiger partial charge in [-0.05, 0) is 11.6 Å². The second-order valence-electron chi connectivity index (χ2n) is 4.50. The highest BCUT2D eigenvalue weighted by Crippen LogP contribution is 2.30. The van der Waals surface area contributed by atoms with Crippen LogP contribution in [0, 0.1) is 0 Å². The number of thiocarbonyl (C=S) groups is 1. The molecule has 122 valence electrons.